The molecule has 2 N–H and O–H groups in total. The Labute approximate surface area is 207 Å². The van der Waals surface area contributed by atoms with E-state index in [-0.39, 0.29) is 69.2 Å². The molecule has 10 heteroatoms. The molecule has 2 aromatic carbocycles. The summed E-state index contributed by atoms with van der Waals surface area (Å²) in [6.45, 7) is 1.06. The van der Waals surface area contributed by atoms with Crippen molar-refractivity contribution >= 4 is 5.91 Å². The van der Waals surface area contributed by atoms with Crippen molar-refractivity contribution in [2.75, 3.05) is 19.8 Å². The molecule has 2 heterocycles. The third-order valence-corrected chi connectivity index (χ3v) is 6.54. The Balaban J connectivity index is 1.37. The zero-order chi connectivity index (χ0) is 25.7. The molecule has 0 aliphatic carbocycles. The molecule has 36 heavy (non-hydrogen) atoms. The second kappa shape index (κ2) is 11.7. The SMILES string of the molecule is O=C(C[C@H]1CC[C@@H]2[C@H](COC[C@@H](O)CN2Cc2cccc(C(F)(F)F)c2)O1)NCc1ccc(F)cc1. The lowest BCUT2D eigenvalue weighted by atomic mass is 9.94. The monoisotopic (exact) mass is 510 g/mol. The van der Waals surface area contributed by atoms with Crippen LogP contribution in [0.3, 0.4) is 0 Å². The van der Waals surface area contributed by atoms with Crippen LogP contribution >= 0.6 is 0 Å². The number of carbonyl (C=O) groups is 1. The van der Waals surface area contributed by atoms with Gasteiger partial charge in [0.2, 0.25) is 5.91 Å². The molecule has 6 nitrogen and oxygen atoms in total. The van der Waals surface area contributed by atoms with Gasteiger partial charge in [0.25, 0.3) is 0 Å². The molecule has 2 fully saturated rings. The smallest absolute Gasteiger partial charge is 0.389 e. The summed E-state index contributed by atoms with van der Waals surface area (Å²) >= 11 is 0. The van der Waals surface area contributed by atoms with Crippen LogP contribution in [0.15, 0.2) is 48.5 Å². The number of ether oxygens (including phenoxy) is 2. The van der Waals surface area contributed by atoms with Crippen molar-refractivity contribution in [3.63, 3.8) is 0 Å². The van der Waals surface area contributed by atoms with E-state index in [0.29, 0.717) is 18.4 Å². The number of benzene rings is 2. The quantitative estimate of drug-likeness (QED) is 0.581. The van der Waals surface area contributed by atoms with Crippen LogP contribution in [0.1, 0.15) is 36.0 Å². The third-order valence-electron chi connectivity index (χ3n) is 6.54. The van der Waals surface area contributed by atoms with Crippen molar-refractivity contribution in [3.05, 3.63) is 71.0 Å². The second-order valence-corrected chi connectivity index (χ2v) is 9.37. The Bertz CT molecular complexity index is 1020. The van der Waals surface area contributed by atoms with Gasteiger partial charge in [-0.2, -0.15) is 13.2 Å². The Morgan fingerprint density at radius 2 is 1.86 bits per heavy atom. The van der Waals surface area contributed by atoms with Crippen LogP contribution in [-0.4, -0.2) is 60.0 Å². The molecule has 0 bridgehead atoms. The highest BCUT2D eigenvalue weighted by Crippen LogP contribution is 2.32. The van der Waals surface area contributed by atoms with Crippen LogP contribution in [-0.2, 0) is 33.5 Å². The molecule has 4 rings (SSSR count). The molecule has 0 saturated carbocycles. The Morgan fingerprint density at radius 3 is 2.61 bits per heavy atom. The van der Waals surface area contributed by atoms with E-state index in [1.165, 1.54) is 18.2 Å². The fourth-order valence-corrected chi connectivity index (χ4v) is 4.79. The van der Waals surface area contributed by atoms with Crippen molar-refractivity contribution in [1.29, 1.82) is 0 Å². The van der Waals surface area contributed by atoms with Gasteiger partial charge in [-0.1, -0.05) is 30.3 Å². The van der Waals surface area contributed by atoms with Crippen LogP contribution in [0.25, 0.3) is 0 Å². The van der Waals surface area contributed by atoms with E-state index in [4.69, 9.17) is 9.47 Å². The summed E-state index contributed by atoms with van der Waals surface area (Å²) in [5, 5.41) is 13.1. The minimum absolute atomic E-state index is 0.0918. The summed E-state index contributed by atoms with van der Waals surface area (Å²) in [7, 11) is 0. The lowest BCUT2D eigenvalue weighted by Gasteiger charge is -2.44. The molecular formula is C26H30F4N2O4. The third kappa shape index (κ3) is 7.25. The van der Waals surface area contributed by atoms with Crippen molar-refractivity contribution < 1.29 is 36.9 Å². The van der Waals surface area contributed by atoms with Gasteiger partial charge in [0.15, 0.2) is 0 Å². The molecule has 2 aromatic rings. The number of alkyl halides is 3. The highest BCUT2D eigenvalue weighted by molar-refractivity contribution is 5.76. The fraction of sp³-hybridized carbons (Fsp3) is 0.500. The number of aliphatic hydroxyl groups is 1. The lowest BCUT2D eigenvalue weighted by molar-refractivity contribution is -0.158. The first-order chi connectivity index (χ1) is 17.2. The maximum absolute atomic E-state index is 13.2. The van der Waals surface area contributed by atoms with E-state index in [1.807, 2.05) is 4.90 Å². The standard InChI is InChI=1S/C26H30F4N2O4/c27-20-6-4-17(5-7-20)12-31-25(34)11-22-8-9-23-24(36-22)16-35-15-21(33)14-32(23)13-18-2-1-3-19(10-18)26(28,29)30/h1-7,10,21-24,33H,8-9,11-16H2,(H,31,34)/t21-,22+,23+,24-/m0/s1. The number of fused-ring (bicyclic) bond motifs is 1. The number of rotatable bonds is 6. The molecule has 0 spiro atoms. The van der Waals surface area contributed by atoms with Gasteiger partial charge in [0.1, 0.15) is 5.82 Å². The van der Waals surface area contributed by atoms with Gasteiger partial charge in [-0.05, 0) is 42.2 Å². The van der Waals surface area contributed by atoms with Crippen molar-refractivity contribution in [1.82, 2.24) is 10.2 Å². The van der Waals surface area contributed by atoms with E-state index in [2.05, 4.69) is 5.32 Å². The van der Waals surface area contributed by atoms with Gasteiger partial charge in [0, 0.05) is 25.7 Å². The molecule has 0 unspecified atom stereocenters. The topological polar surface area (TPSA) is 71.0 Å². The van der Waals surface area contributed by atoms with Crippen molar-refractivity contribution in [2.24, 2.45) is 0 Å². The molecule has 2 aliphatic rings. The van der Waals surface area contributed by atoms with Crippen LogP contribution in [0.2, 0.25) is 0 Å². The maximum atomic E-state index is 13.2. The number of nitrogens with one attached hydrogen (secondary N) is 1. The minimum Gasteiger partial charge on any atom is -0.389 e. The lowest BCUT2D eigenvalue weighted by Crippen LogP contribution is -2.55. The number of amides is 1. The highest BCUT2D eigenvalue weighted by atomic mass is 19.4. The first kappa shape index (κ1) is 26.5. The first-order valence-corrected chi connectivity index (χ1v) is 12.0. The number of nitrogens with zero attached hydrogens (tertiary/aromatic N) is 1. The average Bonchev–Trinajstić information content (AvgIpc) is 2.82. The van der Waals surface area contributed by atoms with Gasteiger partial charge < -0.3 is 19.9 Å². The summed E-state index contributed by atoms with van der Waals surface area (Å²) < 4.78 is 64.4. The molecule has 1 amide bonds. The normalized spacial score (nSPS) is 25.5. The zero-order valence-corrected chi connectivity index (χ0v) is 19.7. The number of hydrogen-bond acceptors (Lipinski definition) is 5. The first-order valence-electron chi connectivity index (χ1n) is 12.0. The van der Waals surface area contributed by atoms with E-state index in [0.717, 1.165) is 17.7 Å². The fourth-order valence-electron chi connectivity index (χ4n) is 4.79. The van der Waals surface area contributed by atoms with Crippen LogP contribution in [0, 0.1) is 5.82 Å². The van der Waals surface area contributed by atoms with Gasteiger partial charge in [-0.15, -0.1) is 0 Å². The summed E-state index contributed by atoms with van der Waals surface area (Å²) in [5.41, 5.74) is 0.574. The summed E-state index contributed by atoms with van der Waals surface area (Å²) in [6.07, 6.45) is -4.53. The summed E-state index contributed by atoms with van der Waals surface area (Å²) in [4.78, 5) is 14.4. The largest absolute Gasteiger partial charge is 0.416 e. The van der Waals surface area contributed by atoms with Crippen molar-refractivity contribution in [2.45, 2.75) is 62.9 Å². The van der Waals surface area contributed by atoms with Gasteiger partial charge >= 0.3 is 6.18 Å². The number of halogens is 4. The van der Waals surface area contributed by atoms with E-state index in [1.54, 1.807) is 18.2 Å². The second-order valence-electron chi connectivity index (χ2n) is 9.37. The highest BCUT2D eigenvalue weighted by Gasteiger charge is 2.38. The van der Waals surface area contributed by atoms with Crippen molar-refractivity contribution in [3.8, 4) is 0 Å². The van der Waals surface area contributed by atoms with E-state index in [9.17, 15) is 27.5 Å². The Morgan fingerprint density at radius 1 is 1.08 bits per heavy atom. The number of β-amino-alcohol motifs (C(OH)–C–C–N with tert-alkyl or cyclic N) is 1. The van der Waals surface area contributed by atoms with E-state index >= 15 is 0 Å². The van der Waals surface area contributed by atoms with Crippen LogP contribution in [0.4, 0.5) is 17.6 Å². The predicted octanol–water partition coefficient (Wildman–Crippen LogP) is 3.66. The molecule has 2 saturated heterocycles. The molecule has 0 aromatic heterocycles. The molecule has 196 valence electrons. The van der Waals surface area contributed by atoms with Crippen LogP contribution in [0.5, 0.6) is 0 Å². The number of carbonyl (C=O) groups excluding carboxylic acids is 1. The van der Waals surface area contributed by atoms with E-state index < -0.39 is 17.8 Å². The predicted molar refractivity (Wildman–Crippen MR) is 123 cm³/mol. The molecule has 4 atom stereocenters. The van der Waals surface area contributed by atoms with Gasteiger partial charge in [-0.25, -0.2) is 4.39 Å². The maximum Gasteiger partial charge on any atom is 0.416 e. The van der Waals surface area contributed by atoms with Crippen LogP contribution < -0.4 is 5.32 Å². The number of hydrogen-bond donors (Lipinski definition) is 2. The molecular weight excluding hydrogens is 480 g/mol. The Hall–Kier alpha value is -2.53. The number of aliphatic hydroxyl groups excluding tert-OH is 1. The van der Waals surface area contributed by atoms with Gasteiger partial charge in [-0.3, -0.25) is 9.69 Å². The minimum atomic E-state index is -4.43. The zero-order valence-electron chi connectivity index (χ0n) is 19.7. The molecule has 0 radical (unpaired) electrons. The summed E-state index contributed by atoms with van der Waals surface area (Å²) in [6, 6.07) is 10.9. The molecule has 2 aliphatic heterocycles. The Kier molecular flexibility index (Phi) is 8.61. The van der Waals surface area contributed by atoms with Gasteiger partial charge in [0.05, 0.1) is 43.5 Å². The average molecular weight is 511 g/mol. The summed E-state index contributed by atoms with van der Waals surface area (Å²) in [5.74, 6) is -0.531.